The molecule has 2 heterocycles. The Morgan fingerprint density at radius 2 is 1.29 bits per heavy atom. The molecule has 0 aromatic heterocycles. The first kappa shape index (κ1) is 49.3. The summed E-state index contributed by atoms with van der Waals surface area (Å²) in [5.74, 6) is 2.49. The quantitative estimate of drug-likeness (QED) is 0.127. The van der Waals surface area contributed by atoms with Crippen LogP contribution in [0.15, 0.2) is 12.8 Å². The molecule has 0 radical (unpaired) electrons. The van der Waals surface area contributed by atoms with Gasteiger partial charge in [-0.05, 0) is 50.9 Å². The van der Waals surface area contributed by atoms with Crippen LogP contribution in [0.2, 0.25) is 0 Å². The second kappa shape index (κ2) is 20.2. The average Bonchev–Trinajstić information content (AvgIpc) is 3.85. The first-order valence-electron chi connectivity index (χ1n) is 18.0. The van der Waals surface area contributed by atoms with Gasteiger partial charge in [0.2, 0.25) is 0 Å². The van der Waals surface area contributed by atoms with Crippen LogP contribution in [0.25, 0.3) is 0 Å². The van der Waals surface area contributed by atoms with E-state index in [0.717, 1.165) is 44.4 Å². The Morgan fingerprint density at radius 1 is 0.755 bits per heavy atom. The zero-order chi connectivity index (χ0) is 36.4. The maximum atomic E-state index is 11.9. The van der Waals surface area contributed by atoms with Crippen LogP contribution in [-0.4, -0.2) is 55.2 Å². The van der Waals surface area contributed by atoms with E-state index in [2.05, 4.69) is 13.5 Å². The summed E-state index contributed by atoms with van der Waals surface area (Å²) in [4.78, 5) is 46.5. The van der Waals surface area contributed by atoms with E-state index in [1.54, 1.807) is 0 Å². The summed E-state index contributed by atoms with van der Waals surface area (Å²) in [6.07, 6.45) is 11.1. The zero-order valence-electron chi connectivity index (χ0n) is 32.4. The number of ether oxygens (including phenoxy) is 3. The number of ketones is 4. The molecular weight excluding hydrogens is 616 g/mol. The maximum Gasteiger partial charge on any atom is 0.148 e. The highest BCUT2D eigenvalue weighted by Gasteiger charge is 2.48. The lowest BCUT2D eigenvalue weighted by molar-refractivity contribution is -0.167. The highest BCUT2D eigenvalue weighted by atomic mass is 16.6. The first-order chi connectivity index (χ1) is 21.4. The van der Waals surface area contributed by atoms with Gasteiger partial charge in [0.05, 0.1) is 43.7 Å². The van der Waals surface area contributed by atoms with Crippen LogP contribution < -0.4 is 0 Å². The topological polar surface area (TPSA) is 99.3 Å². The van der Waals surface area contributed by atoms with E-state index in [9.17, 15) is 19.2 Å². The van der Waals surface area contributed by atoms with Gasteiger partial charge in [-0.25, -0.2) is 0 Å². The highest BCUT2D eigenvalue weighted by molar-refractivity contribution is 5.90. The molecule has 4 aliphatic rings. The van der Waals surface area contributed by atoms with E-state index >= 15 is 0 Å². The molecule has 0 aromatic rings. The number of carbonyl (C=O) groups excluding carboxylic acids is 4. The fourth-order valence-corrected chi connectivity index (χ4v) is 5.56. The lowest BCUT2D eigenvalue weighted by atomic mass is 9.69. The van der Waals surface area contributed by atoms with Gasteiger partial charge in [-0.1, -0.05) is 111 Å². The van der Waals surface area contributed by atoms with Crippen LogP contribution in [0.1, 0.15) is 163 Å². The van der Waals surface area contributed by atoms with E-state index in [-0.39, 0.29) is 53.6 Å². The van der Waals surface area contributed by atoms with Crippen molar-refractivity contribution in [2.24, 2.45) is 38.9 Å². The smallest absolute Gasteiger partial charge is 0.148 e. The number of rotatable bonds is 10. The first-order valence-corrected chi connectivity index (χ1v) is 18.0. The number of Topliss-reactive ketones (excluding diaryl/α,β-unsaturated/α-hetero) is 4. The Kier molecular flexibility index (Phi) is 20.4. The summed E-state index contributed by atoms with van der Waals surface area (Å²) < 4.78 is 15.5. The van der Waals surface area contributed by atoms with Gasteiger partial charge >= 0.3 is 0 Å². The predicted molar refractivity (Wildman–Crippen MR) is 204 cm³/mol. The van der Waals surface area contributed by atoms with Crippen LogP contribution >= 0.6 is 0 Å². The molecule has 2 saturated carbocycles. The summed E-state index contributed by atoms with van der Waals surface area (Å²) in [6.45, 7) is 31.1. The monoisotopic (exact) mass is 695 g/mol. The molecule has 4 rings (SSSR count). The van der Waals surface area contributed by atoms with E-state index in [0.29, 0.717) is 55.8 Å². The number of fused-ring (bicyclic) bond motifs is 1. The van der Waals surface area contributed by atoms with Crippen molar-refractivity contribution in [3.05, 3.63) is 12.8 Å². The Bertz CT molecular complexity index is 1030. The van der Waals surface area contributed by atoms with Gasteiger partial charge in [-0.15, -0.1) is 0 Å². The van der Waals surface area contributed by atoms with Gasteiger partial charge in [0.25, 0.3) is 0 Å². The fraction of sp³-hybridized carbons (Fsp3) is 0.857. The molecule has 7 nitrogen and oxygen atoms in total. The van der Waals surface area contributed by atoms with Crippen LogP contribution in [-0.2, 0) is 33.4 Å². The minimum absolute atomic E-state index is 0. The van der Waals surface area contributed by atoms with Gasteiger partial charge in [0.15, 0.2) is 0 Å². The Morgan fingerprint density at radius 3 is 1.61 bits per heavy atom. The average molecular weight is 695 g/mol. The molecule has 0 spiro atoms. The molecule has 0 aromatic carbocycles. The molecule has 0 N–H and O–H groups in total. The zero-order valence-corrected chi connectivity index (χ0v) is 32.4. The molecule has 0 bridgehead atoms. The third kappa shape index (κ3) is 17.8. The Labute approximate surface area is 302 Å². The lowest BCUT2D eigenvalue weighted by Gasteiger charge is -2.42. The second-order valence-corrected chi connectivity index (χ2v) is 18.2. The van der Waals surface area contributed by atoms with Gasteiger partial charge in [0.1, 0.15) is 23.1 Å². The number of epoxide rings is 1. The molecular formula is C42H78O7. The van der Waals surface area contributed by atoms with Gasteiger partial charge in [0, 0.05) is 40.4 Å². The molecule has 7 heteroatoms. The molecule has 3 atom stereocenters. The fourth-order valence-electron chi connectivity index (χ4n) is 5.56. The summed E-state index contributed by atoms with van der Waals surface area (Å²) in [7, 11) is 0. The van der Waals surface area contributed by atoms with Gasteiger partial charge in [-0.3, -0.25) is 19.2 Å². The van der Waals surface area contributed by atoms with Crippen molar-refractivity contribution in [3.8, 4) is 0 Å². The second-order valence-electron chi connectivity index (χ2n) is 18.2. The standard InChI is InChI=1S/C11H18O2.2C10H18O2.C9H16O.2CH4/c1-11(2,3)10(12)7-4-5-8-9(6-7)13-8;1-5-10(6-12-7-10)8(11)9(2,3)4;1-5-12-8-6-7-9(11)10(2,3)4;1-9(2,3)8(10)6-7-4-5-7;;/h7-9H,4-6H2,1-3H3;5-7H2,1-4H3;5H,1,6-8H2,2-4H3;7H,4-6H2,1-3H3;2*1H4. The minimum Gasteiger partial charge on any atom is -0.502 e. The summed E-state index contributed by atoms with van der Waals surface area (Å²) in [5, 5.41) is 0. The minimum atomic E-state index is -0.222. The molecule has 2 aliphatic carbocycles. The number of hydrogen-bond acceptors (Lipinski definition) is 7. The van der Waals surface area contributed by atoms with Gasteiger partial charge in [-0.2, -0.15) is 0 Å². The molecule has 3 unspecified atom stereocenters. The molecule has 49 heavy (non-hydrogen) atoms. The summed E-state index contributed by atoms with van der Waals surface area (Å²) in [5.41, 5.74) is -0.874. The molecule has 4 fully saturated rings. The SMILES string of the molecule is C.C.C=COCCCC(=O)C(C)(C)C.CC(C)(C)C(=O)C1CCC2OC2C1.CC(C)(C)C(=O)CC1CC1.CCC1(C(=O)C(C)(C)C)COC1. The van der Waals surface area contributed by atoms with Crippen molar-refractivity contribution in [2.75, 3.05) is 19.8 Å². The number of hydrogen-bond donors (Lipinski definition) is 0. The van der Waals surface area contributed by atoms with Crippen molar-refractivity contribution in [1.29, 1.82) is 0 Å². The van der Waals surface area contributed by atoms with Crippen molar-refractivity contribution < 1.29 is 33.4 Å². The number of carbonyl (C=O) groups is 4. The molecule has 0 amide bonds. The van der Waals surface area contributed by atoms with Crippen molar-refractivity contribution in [1.82, 2.24) is 0 Å². The van der Waals surface area contributed by atoms with E-state index in [1.165, 1.54) is 19.1 Å². The van der Waals surface area contributed by atoms with Crippen molar-refractivity contribution in [3.63, 3.8) is 0 Å². The molecule has 2 aliphatic heterocycles. The van der Waals surface area contributed by atoms with Crippen LogP contribution in [0.4, 0.5) is 0 Å². The summed E-state index contributed by atoms with van der Waals surface area (Å²) >= 11 is 0. The summed E-state index contributed by atoms with van der Waals surface area (Å²) in [6, 6.07) is 0. The Balaban J connectivity index is 0. The van der Waals surface area contributed by atoms with Crippen molar-refractivity contribution in [2.45, 2.75) is 175 Å². The maximum absolute atomic E-state index is 11.9. The largest absolute Gasteiger partial charge is 0.502 e. The van der Waals surface area contributed by atoms with Gasteiger partial charge < -0.3 is 14.2 Å². The third-order valence-corrected chi connectivity index (χ3v) is 9.34. The highest BCUT2D eigenvalue weighted by Crippen LogP contribution is 2.42. The third-order valence-electron chi connectivity index (χ3n) is 9.34. The van der Waals surface area contributed by atoms with E-state index in [4.69, 9.17) is 14.2 Å². The van der Waals surface area contributed by atoms with Crippen LogP contribution in [0.5, 0.6) is 0 Å². The lowest BCUT2D eigenvalue weighted by Crippen LogP contribution is -2.52. The van der Waals surface area contributed by atoms with Crippen molar-refractivity contribution >= 4 is 23.1 Å². The predicted octanol–water partition coefficient (Wildman–Crippen LogP) is 10.4. The van der Waals surface area contributed by atoms with Crippen LogP contribution in [0, 0.1) is 38.9 Å². The van der Waals surface area contributed by atoms with Crippen LogP contribution in [0.3, 0.4) is 0 Å². The molecule has 2 saturated heterocycles. The van der Waals surface area contributed by atoms with E-state index < -0.39 is 0 Å². The normalized spacial score (nSPS) is 22.0. The molecule has 288 valence electrons. The van der Waals surface area contributed by atoms with E-state index in [1.807, 2.05) is 83.1 Å². The Hall–Kier alpha value is -1.86.